The molecule has 12 heteroatoms. The van der Waals surface area contributed by atoms with E-state index in [-0.39, 0.29) is 17.8 Å². The summed E-state index contributed by atoms with van der Waals surface area (Å²) in [6.45, 7) is -0.188. The lowest BCUT2D eigenvalue weighted by Gasteiger charge is -2.27. The Balaban J connectivity index is 1.73. The molecule has 2 fully saturated rings. The van der Waals surface area contributed by atoms with E-state index in [1.54, 1.807) is 0 Å². The zero-order valence-corrected chi connectivity index (χ0v) is 11.8. The maximum atomic E-state index is 11.6. The van der Waals surface area contributed by atoms with E-state index in [0.29, 0.717) is 0 Å². The molecule has 0 radical (unpaired) electrons. The molecule has 2 aromatic heterocycles. The molecule has 4 rings (SSSR count). The Morgan fingerprint density at radius 1 is 1.45 bits per heavy atom. The zero-order chi connectivity index (χ0) is 15.5. The highest BCUT2D eigenvalue weighted by atomic mass is 31.2. The molecular weight excluding hydrogens is 324 g/mol. The second-order valence-electron chi connectivity index (χ2n) is 4.95. The Labute approximate surface area is 122 Å². The molecule has 0 saturated carbocycles. The maximum Gasteiger partial charge on any atom is 0.472 e. The molecule has 3 N–H and O–H groups in total. The number of aromatic amines is 1. The van der Waals surface area contributed by atoms with Gasteiger partial charge in [-0.05, 0) is 0 Å². The van der Waals surface area contributed by atoms with Crippen molar-refractivity contribution in [2.24, 2.45) is 0 Å². The molecule has 0 aromatic carbocycles. The minimum absolute atomic E-state index is 0.0955. The number of nitrogens with zero attached hydrogens (tertiary/aromatic N) is 3. The molecule has 0 bridgehead atoms. The number of aliphatic hydroxyl groups is 1. The first kappa shape index (κ1) is 14.0. The van der Waals surface area contributed by atoms with Gasteiger partial charge in [0.05, 0.1) is 19.3 Å². The van der Waals surface area contributed by atoms with E-state index in [4.69, 9.17) is 9.26 Å². The van der Waals surface area contributed by atoms with Gasteiger partial charge in [0.25, 0.3) is 5.56 Å². The lowest BCUT2D eigenvalue weighted by Crippen LogP contribution is -2.39. The van der Waals surface area contributed by atoms with Crippen molar-refractivity contribution in [3.8, 4) is 0 Å². The monoisotopic (exact) mass is 335 g/mol. The van der Waals surface area contributed by atoms with Gasteiger partial charge >= 0.3 is 7.82 Å². The highest BCUT2D eigenvalue weighted by molar-refractivity contribution is 7.47. The third-order valence-electron chi connectivity index (χ3n) is 3.61. The molecule has 2 aliphatic rings. The van der Waals surface area contributed by atoms with Crippen LogP contribution in [-0.2, 0) is 18.3 Å². The zero-order valence-electron chi connectivity index (χ0n) is 10.9. The van der Waals surface area contributed by atoms with E-state index >= 15 is 0 Å². The van der Waals surface area contributed by atoms with Gasteiger partial charge in [-0.25, -0.2) is 14.5 Å². The molecule has 11 nitrogen and oxygen atoms in total. The smallest absolute Gasteiger partial charge is 0.386 e. The van der Waals surface area contributed by atoms with Crippen LogP contribution in [0, 0.1) is 0 Å². The topological polar surface area (TPSA) is 149 Å². The fraction of sp³-hybridized carbons (Fsp3) is 0.500. The lowest BCUT2D eigenvalue weighted by molar-refractivity contribution is -0.0664. The van der Waals surface area contributed by atoms with Crippen LogP contribution in [0.1, 0.15) is 6.23 Å². The van der Waals surface area contributed by atoms with Crippen LogP contribution in [0.5, 0.6) is 0 Å². The Hall–Kier alpha value is -1.62. The number of phosphoric ester groups is 1. The number of H-pyrrole nitrogens is 1. The van der Waals surface area contributed by atoms with Crippen molar-refractivity contribution in [2.75, 3.05) is 6.61 Å². The Kier molecular flexibility index (Phi) is 2.98. The number of nitrogens with one attached hydrogen (secondary N) is 1. The van der Waals surface area contributed by atoms with E-state index in [9.17, 15) is 19.4 Å². The third-order valence-corrected chi connectivity index (χ3v) is 4.59. The minimum atomic E-state index is -4.19. The minimum Gasteiger partial charge on any atom is -0.386 e. The van der Waals surface area contributed by atoms with Gasteiger partial charge in [0.2, 0.25) is 0 Å². The molecule has 2 aliphatic heterocycles. The summed E-state index contributed by atoms with van der Waals surface area (Å²) in [5.74, 6) is 0. The second kappa shape index (κ2) is 4.69. The number of rotatable bonds is 1. The summed E-state index contributed by atoms with van der Waals surface area (Å²) >= 11 is 0. The predicted molar refractivity (Wildman–Crippen MR) is 68.7 cm³/mol. The van der Waals surface area contributed by atoms with Gasteiger partial charge in [-0.3, -0.25) is 18.4 Å². The number of fused-ring (bicyclic) bond motifs is 2. The van der Waals surface area contributed by atoms with E-state index in [1.165, 1.54) is 17.2 Å². The fourth-order valence-corrected chi connectivity index (χ4v) is 3.58. The van der Waals surface area contributed by atoms with Crippen molar-refractivity contribution in [3.05, 3.63) is 23.0 Å². The molecule has 118 valence electrons. The Bertz CT molecular complexity index is 834. The lowest BCUT2D eigenvalue weighted by atomic mass is 10.5. The number of aliphatic hydroxyl groups excluding tert-OH is 1. The number of aromatic nitrogens is 4. The maximum absolute atomic E-state index is 11.6. The fourth-order valence-electron chi connectivity index (χ4n) is 2.61. The first-order chi connectivity index (χ1) is 10.5. The van der Waals surface area contributed by atoms with Crippen LogP contribution in [-0.4, -0.2) is 54.4 Å². The molecule has 1 unspecified atom stereocenters. The van der Waals surface area contributed by atoms with E-state index in [0.717, 1.165) is 0 Å². The first-order valence-corrected chi connectivity index (χ1v) is 7.85. The average Bonchev–Trinajstić information content (AvgIpc) is 3.01. The van der Waals surface area contributed by atoms with Crippen molar-refractivity contribution in [1.29, 1.82) is 0 Å². The van der Waals surface area contributed by atoms with Crippen LogP contribution in [0.25, 0.3) is 11.2 Å². The number of phosphoric acid groups is 1. The van der Waals surface area contributed by atoms with Crippen LogP contribution in [0.2, 0.25) is 0 Å². The van der Waals surface area contributed by atoms with Crippen LogP contribution in [0.3, 0.4) is 0 Å². The number of imidazole rings is 1. The van der Waals surface area contributed by atoms with Crippen LogP contribution in [0.4, 0.5) is 0 Å². The van der Waals surface area contributed by atoms with Gasteiger partial charge in [-0.15, -0.1) is 0 Å². The number of hydrogen-bond acceptors (Lipinski definition) is 8. The number of ether oxygens (including phenoxy) is 1. The van der Waals surface area contributed by atoms with Gasteiger partial charge in [-0.1, -0.05) is 0 Å². The molecule has 2 saturated heterocycles. The van der Waals surface area contributed by atoms with Gasteiger partial charge in [-0.2, -0.15) is 0 Å². The molecule has 0 spiro atoms. The van der Waals surface area contributed by atoms with Crippen LogP contribution in [0.15, 0.2) is 17.4 Å². The summed E-state index contributed by atoms with van der Waals surface area (Å²) in [7, 11) is -4.19. The second-order valence-corrected chi connectivity index (χ2v) is 6.35. The van der Waals surface area contributed by atoms with Crippen molar-refractivity contribution in [2.45, 2.75) is 24.5 Å². The SMILES string of the molecule is O=c1[nH]cnc2c1ncn2[13C@@H]1O[13C@@H]2[13CH2]OP(=O)(O)O[13C@H]2[13C@H]1O. The van der Waals surface area contributed by atoms with Crippen molar-refractivity contribution in [3.63, 3.8) is 0 Å². The summed E-state index contributed by atoms with van der Waals surface area (Å²) in [5, 5.41) is 10.3. The summed E-state index contributed by atoms with van der Waals surface area (Å²) < 4.78 is 27.9. The first-order valence-electron chi connectivity index (χ1n) is 6.36. The van der Waals surface area contributed by atoms with E-state index in [2.05, 4.69) is 19.5 Å². The average molecular weight is 335 g/mol. The molecule has 0 aliphatic carbocycles. The van der Waals surface area contributed by atoms with Gasteiger partial charge < -0.3 is 19.7 Å². The molecule has 2 aromatic rings. The molecular formula is C10H11N4O7P. The van der Waals surface area contributed by atoms with Gasteiger partial charge in [0.15, 0.2) is 17.4 Å². The van der Waals surface area contributed by atoms with Crippen LogP contribution < -0.4 is 5.56 Å². The quantitative estimate of drug-likeness (QED) is 0.436. The molecule has 4 heterocycles. The molecule has 5 atom stereocenters. The normalized spacial score (nSPS) is 38.3. The third kappa shape index (κ3) is 2.02. The summed E-state index contributed by atoms with van der Waals surface area (Å²) in [6, 6.07) is 0. The van der Waals surface area contributed by atoms with Gasteiger partial charge in [0, 0.05) is 0 Å². The van der Waals surface area contributed by atoms with Crippen molar-refractivity contribution >= 4 is 19.0 Å². The van der Waals surface area contributed by atoms with E-state index < -0.39 is 37.9 Å². The summed E-state index contributed by atoms with van der Waals surface area (Å²) in [5.41, 5.74) is -0.106. The highest BCUT2D eigenvalue weighted by Crippen LogP contribution is 2.52. The summed E-state index contributed by atoms with van der Waals surface area (Å²) in [4.78, 5) is 31.3. The van der Waals surface area contributed by atoms with Crippen LogP contribution >= 0.6 is 7.82 Å². The molecule has 22 heavy (non-hydrogen) atoms. The van der Waals surface area contributed by atoms with Crippen molar-refractivity contribution in [1.82, 2.24) is 19.5 Å². The standard InChI is InChI=1S/C10H11N4O7P/c15-6-7-4(1-19-22(17,18)21-7)20-10(6)14-3-13-5-8(14)11-2-12-9(5)16/h2-4,6-7,10,15H,1H2,(H,17,18)(H,11,12,16)/t4-,6-,7-,10-/m1/s1/i1+1,4+1,6+1,7+1,10+1. The Morgan fingerprint density at radius 2 is 2.27 bits per heavy atom. The van der Waals surface area contributed by atoms with Gasteiger partial charge in [0.1, 0.15) is 18.3 Å². The highest BCUT2D eigenvalue weighted by Gasteiger charge is 2.52. The largest absolute Gasteiger partial charge is 0.472 e. The Morgan fingerprint density at radius 3 is 3.09 bits per heavy atom. The van der Waals surface area contributed by atoms with Crippen molar-refractivity contribution < 1.29 is 28.3 Å². The van der Waals surface area contributed by atoms with E-state index in [1.807, 2.05) is 0 Å². The summed E-state index contributed by atoms with van der Waals surface area (Å²) in [6.07, 6.45) is -1.43. The predicted octanol–water partition coefficient (Wildman–Crippen LogP) is -1.11. The number of hydrogen-bond donors (Lipinski definition) is 3. The molecule has 0 amide bonds.